The summed E-state index contributed by atoms with van der Waals surface area (Å²) < 4.78 is 40.7. The Kier molecular flexibility index (Phi) is 11.5. The molecule has 1 heterocycles. The number of aryl methyl sites for hydroxylation is 8. The summed E-state index contributed by atoms with van der Waals surface area (Å²) in [6.45, 7) is 15.5. The van der Waals surface area contributed by atoms with E-state index < -0.39 is 11.6 Å². The summed E-state index contributed by atoms with van der Waals surface area (Å²) in [4.78, 5) is 8.53. The highest BCUT2D eigenvalue weighted by Crippen LogP contribution is 2.28. The lowest BCUT2D eigenvalue weighted by Crippen LogP contribution is -1.93. The molecule has 47 heavy (non-hydrogen) atoms. The molecule has 6 rings (SSSR count). The number of benzene rings is 5. The van der Waals surface area contributed by atoms with Crippen molar-refractivity contribution in [2.45, 2.75) is 55.4 Å². The van der Waals surface area contributed by atoms with Crippen molar-refractivity contribution in [3.8, 4) is 33.6 Å². The van der Waals surface area contributed by atoms with E-state index in [-0.39, 0.29) is 5.82 Å². The zero-order valence-electron chi connectivity index (χ0n) is 28.3. The van der Waals surface area contributed by atoms with Gasteiger partial charge in [0.05, 0.1) is 0 Å². The van der Waals surface area contributed by atoms with E-state index in [9.17, 15) is 13.2 Å². The molecule has 0 aliphatic rings. The van der Waals surface area contributed by atoms with Crippen molar-refractivity contribution in [2.24, 2.45) is 0 Å². The summed E-state index contributed by atoms with van der Waals surface area (Å²) in [5, 5.41) is 0. The minimum absolute atomic E-state index is 0.143. The highest BCUT2D eigenvalue weighted by molar-refractivity contribution is 5.66. The van der Waals surface area contributed by atoms with Gasteiger partial charge in [-0.3, -0.25) is 0 Å². The van der Waals surface area contributed by atoms with E-state index >= 15 is 0 Å². The third-order valence-electron chi connectivity index (χ3n) is 8.20. The van der Waals surface area contributed by atoms with Gasteiger partial charge in [-0.05, 0) is 117 Å². The van der Waals surface area contributed by atoms with Gasteiger partial charge in [0.25, 0.3) is 0 Å². The van der Waals surface area contributed by atoms with Crippen LogP contribution in [-0.2, 0) is 0 Å². The Morgan fingerprint density at radius 3 is 1.40 bits per heavy atom. The van der Waals surface area contributed by atoms with Crippen LogP contribution in [-0.4, -0.2) is 9.97 Å². The smallest absolute Gasteiger partial charge is 0.166 e. The lowest BCUT2D eigenvalue weighted by atomic mass is 9.99. The molecule has 0 aliphatic carbocycles. The van der Waals surface area contributed by atoms with E-state index in [1.807, 2.05) is 81.7 Å². The normalized spacial score (nSPS) is 10.4. The molecule has 0 spiro atoms. The van der Waals surface area contributed by atoms with Crippen LogP contribution in [0.2, 0.25) is 0 Å². The second-order valence-electron chi connectivity index (χ2n) is 12.1. The van der Waals surface area contributed by atoms with Gasteiger partial charge in [0.1, 0.15) is 5.82 Å². The Hall–Kier alpha value is -5.03. The molecule has 0 aliphatic heterocycles. The van der Waals surface area contributed by atoms with E-state index in [2.05, 4.69) is 55.0 Å². The Balaban J connectivity index is 0.000000160. The van der Waals surface area contributed by atoms with Crippen molar-refractivity contribution in [1.29, 1.82) is 0 Å². The Bertz CT molecular complexity index is 1890. The topological polar surface area (TPSA) is 25.8 Å². The monoisotopic (exact) mass is 630 g/mol. The molecule has 0 saturated heterocycles. The molecule has 0 N–H and O–H groups in total. The van der Waals surface area contributed by atoms with Crippen LogP contribution in [0.15, 0.2) is 103 Å². The molecule has 5 heteroatoms. The standard InChI is InChI=1S/C15H14F2.C15H15F.C12H12N2/c1-9-4-6-12(8-11(9)3)13-7-5-10(2)14(16)15(13)17;1-10-4-6-13(8-12(10)3)14-7-5-11(2)15(16)9-14;1-9-3-5-11(6-4-9)12-13-7-10(2)8-14-12/h4-8H,1-3H3;4-9H,1-3H3;3-8H,1-2H3. The fraction of sp³-hybridized carbons (Fsp3) is 0.190. The zero-order valence-corrected chi connectivity index (χ0v) is 28.3. The van der Waals surface area contributed by atoms with Crippen molar-refractivity contribution < 1.29 is 13.2 Å². The average Bonchev–Trinajstić information content (AvgIpc) is 3.05. The average molecular weight is 631 g/mol. The van der Waals surface area contributed by atoms with Gasteiger partial charge < -0.3 is 0 Å². The van der Waals surface area contributed by atoms with E-state index in [0.717, 1.165) is 39.2 Å². The SMILES string of the molecule is Cc1ccc(-c2ccc(C)c(F)c2)cc1C.Cc1ccc(-c2ccc(C)c(F)c2F)cc1C.Cc1ccc(-c2ncc(C)cn2)cc1. The first-order chi connectivity index (χ1) is 22.3. The molecule has 0 fully saturated rings. The molecule has 0 unspecified atom stereocenters. The molecular formula is C42H41F3N2. The van der Waals surface area contributed by atoms with Crippen molar-refractivity contribution in [1.82, 2.24) is 9.97 Å². The first-order valence-electron chi connectivity index (χ1n) is 15.6. The van der Waals surface area contributed by atoms with Crippen molar-refractivity contribution in [2.75, 3.05) is 0 Å². The quantitative estimate of drug-likeness (QED) is 0.194. The van der Waals surface area contributed by atoms with Gasteiger partial charge in [0, 0.05) is 23.5 Å². The molecule has 240 valence electrons. The highest BCUT2D eigenvalue weighted by atomic mass is 19.2. The van der Waals surface area contributed by atoms with Crippen LogP contribution in [0.25, 0.3) is 33.6 Å². The minimum Gasteiger partial charge on any atom is -0.236 e. The van der Waals surface area contributed by atoms with Gasteiger partial charge in [0.15, 0.2) is 17.5 Å². The predicted octanol–water partition coefficient (Wildman–Crippen LogP) is 11.7. The molecule has 0 amide bonds. The number of hydrogen-bond acceptors (Lipinski definition) is 2. The van der Waals surface area contributed by atoms with Crippen LogP contribution in [0.1, 0.15) is 44.5 Å². The highest BCUT2D eigenvalue weighted by Gasteiger charge is 2.12. The second kappa shape index (κ2) is 15.5. The molecule has 0 saturated carbocycles. The summed E-state index contributed by atoms with van der Waals surface area (Å²) in [7, 11) is 0. The van der Waals surface area contributed by atoms with Crippen LogP contribution in [0.3, 0.4) is 0 Å². The van der Waals surface area contributed by atoms with E-state index in [1.165, 1.54) is 16.7 Å². The molecule has 1 aromatic heterocycles. The largest absolute Gasteiger partial charge is 0.236 e. The zero-order chi connectivity index (χ0) is 34.2. The summed E-state index contributed by atoms with van der Waals surface area (Å²) >= 11 is 0. The predicted molar refractivity (Wildman–Crippen MR) is 189 cm³/mol. The molecule has 0 bridgehead atoms. The Morgan fingerprint density at radius 1 is 0.383 bits per heavy atom. The fourth-order valence-corrected chi connectivity index (χ4v) is 4.72. The summed E-state index contributed by atoms with van der Waals surface area (Å²) in [6, 6.07) is 28.6. The number of rotatable bonds is 3. The fourth-order valence-electron chi connectivity index (χ4n) is 4.72. The maximum Gasteiger partial charge on any atom is 0.166 e. The third kappa shape index (κ3) is 9.04. The summed E-state index contributed by atoms with van der Waals surface area (Å²) in [5.41, 5.74) is 12.2. The van der Waals surface area contributed by atoms with Crippen LogP contribution in [0.5, 0.6) is 0 Å². The Morgan fingerprint density at radius 2 is 0.851 bits per heavy atom. The van der Waals surface area contributed by atoms with Crippen molar-refractivity contribution >= 4 is 0 Å². The first-order valence-corrected chi connectivity index (χ1v) is 15.6. The van der Waals surface area contributed by atoms with Gasteiger partial charge in [-0.1, -0.05) is 90.5 Å². The molecule has 6 aromatic rings. The number of nitrogens with zero attached hydrogens (tertiary/aromatic N) is 2. The van der Waals surface area contributed by atoms with Gasteiger partial charge in [0.2, 0.25) is 0 Å². The van der Waals surface area contributed by atoms with Crippen LogP contribution >= 0.6 is 0 Å². The first kappa shape index (κ1) is 34.8. The van der Waals surface area contributed by atoms with Gasteiger partial charge in [-0.15, -0.1) is 0 Å². The van der Waals surface area contributed by atoms with E-state index in [4.69, 9.17) is 0 Å². The summed E-state index contributed by atoms with van der Waals surface area (Å²) in [6.07, 6.45) is 3.67. The van der Waals surface area contributed by atoms with E-state index in [1.54, 1.807) is 32.0 Å². The molecule has 2 nitrogen and oxygen atoms in total. The molecule has 5 aromatic carbocycles. The molecule has 0 radical (unpaired) electrons. The van der Waals surface area contributed by atoms with E-state index in [0.29, 0.717) is 22.3 Å². The third-order valence-corrected chi connectivity index (χ3v) is 8.20. The molecular weight excluding hydrogens is 589 g/mol. The number of aromatic nitrogens is 2. The summed E-state index contributed by atoms with van der Waals surface area (Å²) in [5.74, 6) is -0.889. The van der Waals surface area contributed by atoms with Crippen molar-refractivity contribution in [3.63, 3.8) is 0 Å². The maximum absolute atomic E-state index is 13.8. The van der Waals surface area contributed by atoms with Gasteiger partial charge >= 0.3 is 0 Å². The minimum atomic E-state index is -0.770. The van der Waals surface area contributed by atoms with Crippen LogP contribution in [0.4, 0.5) is 13.2 Å². The second-order valence-corrected chi connectivity index (χ2v) is 12.1. The van der Waals surface area contributed by atoms with Gasteiger partial charge in [-0.25, -0.2) is 23.1 Å². The maximum atomic E-state index is 13.8. The lowest BCUT2D eigenvalue weighted by molar-refractivity contribution is 0.505. The van der Waals surface area contributed by atoms with Crippen LogP contribution < -0.4 is 0 Å². The number of hydrogen-bond donors (Lipinski definition) is 0. The van der Waals surface area contributed by atoms with Crippen LogP contribution in [0, 0.1) is 72.8 Å². The lowest BCUT2D eigenvalue weighted by Gasteiger charge is -2.08. The van der Waals surface area contributed by atoms with Gasteiger partial charge in [-0.2, -0.15) is 0 Å². The van der Waals surface area contributed by atoms with Crippen molar-refractivity contribution in [3.05, 3.63) is 165 Å². The number of halogens is 3. The Labute approximate surface area is 277 Å². The molecule has 0 atom stereocenters.